The fourth-order valence-electron chi connectivity index (χ4n) is 1.84. The topological polar surface area (TPSA) is 77.2 Å². The molecule has 3 aromatic rings. The van der Waals surface area contributed by atoms with Crippen molar-refractivity contribution in [2.45, 2.75) is 10.1 Å². The summed E-state index contributed by atoms with van der Waals surface area (Å²) in [6, 6.07) is 11.4. The number of hydrogen-bond acceptors (Lipinski definition) is 8. The van der Waals surface area contributed by atoms with Gasteiger partial charge in [0.2, 0.25) is 5.13 Å². The molecule has 1 N–H and O–H groups in total. The number of ether oxygens (including phenoxy) is 1. The molecule has 23 heavy (non-hydrogen) atoms. The first-order valence-corrected chi connectivity index (χ1v) is 8.49. The number of carbonyl (C=O) groups excluding carboxylic acids is 1. The maximum absolute atomic E-state index is 11.6. The van der Waals surface area contributed by atoms with Gasteiger partial charge in [0.25, 0.3) is 0 Å². The molecule has 0 aliphatic rings. The molecule has 0 aliphatic heterocycles. The number of benzene rings is 1. The van der Waals surface area contributed by atoms with E-state index in [4.69, 9.17) is 9.15 Å². The minimum absolute atomic E-state index is 0.405. The van der Waals surface area contributed by atoms with Crippen LogP contribution in [-0.4, -0.2) is 23.3 Å². The van der Waals surface area contributed by atoms with E-state index in [1.807, 2.05) is 30.3 Å². The lowest BCUT2D eigenvalue weighted by Gasteiger charge is -2.00. The number of rotatable bonds is 6. The van der Waals surface area contributed by atoms with E-state index in [-0.39, 0.29) is 0 Å². The Bertz CT molecular complexity index is 786. The van der Waals surface area contributed by atoms with Crippen LogP contribution in [0.5, 0.6) is 0 Å². The highest BCUT2D eigenvalue weighted by molar-refractivity contribution is 8.00. The van der Waals surface area contributed by atoms with Gasteiger partial charge in [0.1, 0.15) is 11.3 Å². The molecule has 0 amide bonds. The van der Waals surface area contributed by atoms with Crippen LogP contribution in [0.3, 0.4) is 0 Å². The number of thioether (sulfide) groups is 1. The summed E-state index contributed by atoms with van der Waals surface area (Å²) in [4.78, 5) is 11.6. The normalized spacial score (nSPS) is 10.5. The lowest BCUT2D eigenvalue weighted by Crippen LogP contribution is -2.02. The maximum Gasteiger partial charge on any atom is 0.341 e. The van der Waals surface area contributed by atoms with E-state index >= 15 is 0 Å². The van der Waals surface area contributed by atoms with Gasteiger partial charge in [0.15, 0.2) is 4.34 Å². The van der Waals surface area contributed by atoms with Crippen molar-refractivity contribution in [1.29, 1.82) is 0 Å². The summed E-state index contributed by atoms with van der Waals surface area (Å²) >= 11 is 2.90. The number of hydrogen-bond donors (Lipinski definition) is 1. The third-order valence-electron chi connectivity index (χ3n) is 2.91. The van der Waals surface area contributed by atoms with E-state index in [0.29, 0.717) is 22.2 Å². The molecular formula is C15H13N3O3S2. The van der Waals surface area contributed by atoms with Crippen LogP contribution in [0.1, 0.15) is 16.1 Å². The SMILES string of the molecule is COC(=O)c1ccoc1CSc1nnc(Nc2ccccc2)s1. The fourth-order valence-corrected chi connectivity index (χ4v) is 3.56. The number of esters is 1. The Morgan fingerprint density at radius 1 is 1.30 bits per heavy atom. The molecule has 0 unspecified atom stereocenters. The Morgan fingerprint density at radius 3 is 2.91 bits per heavy atom. The van der Waals surface area contributed by atoms with Gasteiger partial charge in [0, 0.05) is 5.69 Å². The Morgan fingerprint density at radius 2 is 2.13 bits per heavy atom. The number of anilines is 2. The summed E-state index contributed by atoms with van der Waals surface area (Å²) in [7, 11) is 1.35. The predicted molar refractivity (Wildman–Crippen MR) is 89.2 cm³/mol. The minimum atomic E-state index is -0.405. The van der Waals surface area contributed by atoms with E-state index in [2.05, 4.69) is 15.5 Å². The molecule has 0 atom stereocenters. The number of nitrogens with one attached hydrogen (secondary N) is 1. The first kappa shape index (κ1) is 15.6. The van der Waals surface area contributed by atoms with Gasteiger partial charge in [-0.1, -0.05) is 41.3 Å². The monoisotopic (exact) mass is 347 g/mol. The van der Waals surface area contributed by atoms with Crippen molar-refractivity contribution in [3.8, 4) is 0 Å². The molecular weight excluding hydrogens is 334 g/mol. The molecule has 2 heterocycles. The molecule has 2 aromatic heterocycles. The zero-order valence-electron chi connectivity index (χ0n) is 12.2. The highest BCUT2D eigenvalue weighted by Gasteiger charge is 2.16. The van der Waals surface area contributed by atoms with Gasteiger partial charge >= 0.3 is 5.97 Å². The molecule has 0 spiro atoms. The zero-order chi connectivity index (χ0) is 16.1. The van der Waals surface area contributed by atoms with E-state index < -0.39 is 5.97 Å². The summed E-state index contributed by atoms with van der Waals surface area (Å²) < 4.78 is 10.8. The number of aromatic nitrogens is 2. The standard InChI is InChI=1S/C15H13N3O3S2/c1-20-13(19)11-7-8-21-12(11)9-22-15-18-17-14(23-15)16-10-5-3-2-4-6-10/h2-8H,9H2,1H3,(H,16,17). The second kappa shape index (κ2) is 7.30. The van der Waals surface area contributed by atoms with Crippen LogP contribution < -0.4 is 5.32 Å². The lowest BCUT2D eigenvalue weighted by atomic mass is 10.3. The number of carbonyl (C=O) groups is 1. The Kier molecular flexibility index (Phi) is 4.94. The predicted octanol–water partition coefficient (Wildman–Crippen LogP) is 3.95. The van der Waals surface area contributed by atoms with Crippen LogP contribution in [0.2, 0.25) is 0 Å². The van der Waals surface area contributed by atoms with Crippen molar-refractivity contribution in [1.82, 2.24) is 10.2 Å². The molecule has 8 heteroatoms. The number of furan rings is 1. The van der Waals surface area contributed by atoms with Gasteiger partial charge in [-0.3, -0.25) is 0 Å². The second-order valence-electron chi connectivity index (χ2n) is 4.40. The molecule has 6 nitrogen and oxygen atoms in total. The maximum atomic E-state index is 11.6. The first-order valence-electron chi connectivity index (χ1n) is 6.69. The van der Waals surface area contributed by atoms with Gasteiger partial charge < -0.3 is 14.5 Å². The quantitative estimate of drug-likeness (QED) is 0.534. The van der Waals surface area contributed by atoms with Crippen LogP contribution in [0.25, 0.3) is 0 Å². The van der Waals surface area contributed by atoms with E-state index in [9.17, 15) is 4.79 Å². The highest BCUT2D eigenvalue weighted by atomic mass is 32.2. The smallest absolute Gasteiger partial charge is 0.341 e. The summed E-state index contributed by atoms with van der Waals surface area (Å²) in [6.07, 6.45) is 1.48. The van der Waals surface area contributed by atoms with Crippen molar-refractivity contribution >= 4 is 39.9 Å². The van der Waals surface area contributed by atoms with Crippen molar-refractivity contribution < 1.29 is 13.9 Å². The van der Waals surface area contributed by atoms with Crippen molar-refractivity contribution in [2.24, 2.45) is 0 Å². The van der Waals surface area contributed by atoms with Crippen molar-refractivity contribution in [2.75, 3.05) is 12.4 Å². The van der Waals surface area contributed by atoms with Gasteiger partial charge in [-0.15, -0.1) is 10.2 Å². The summed E-state index contributed by atoms with van der Waals surface area (Å²) in [5, 5.41) is 12.1. The number of methoxy groups -OCH3 is 1. The van der Waals surface area contributed by atoms with Crippen LogP contribution in [0.4, 0.5) is 10.8 Å². The van der Waals surface area contributed by atoms with Crippen LogP contribution >= 0.6 is 23.1 Å². The van der Waals surface area contributed by atoms with E-state index in [1.165, 1.54) is 36.5 Å². The summed E-state index contributed by atoms with van der Waals surface area (Å²) in [6.45, 7) is 0. The van der Waals surface area contributed by atoms with Crippen LogP contribution in [0.15, 0.2) is 51.4 Å². The number of para-hydroxylation sites is 1. The van der Waals surface area contributed by atoms with Gasteiger partial charge in [0.05, 0.1) is 19.1 Å². The Labute approximate surface area is 140 Å². The summed E-state index contributed by atoms with van der Waals surface area (Å²) in [5.74, 6) is 0.643. The molecule has 0 fully saturated rings. The van der Waals surface area contributed by atoms with Gasteiger partial charge in [-0.05, 0) is 18.2 Å². The highest BCUT2D eigenvalue weighted by Crippen LogP contribution is 2.30. The van der Waals surface area contributed by atoms with E-state index in [0.717, 1.165) is 10.0 Å². The lowest BCUT2D eigenvalue weighted by molar-refractivity contribution is 0.0598. The minimum Gasteiger partial charge on any atom is -0.468 e. The first-order chi connectivity index (χ1) is 11.3. The van der Waals surface area contributed by atoms with Crippen LogP contribution in [0, 0.1) is 0 Å². The molecule has 0 saturated carbocycles. The molecule has 1 aromatic carbocycles. The molecule has 118 valence electrons. The Hall–Kier alpha value is -2.32. The molecule has 0 saturated heterocycles. The fraction of sp³-hybridized carbons (Fsp3) is 0.133. The number of nitrogens with zero attached hydrogens (tertiary/aromatic N) is 2. The molecule has 0 bridgehead atoms. The van der Waals surface area contributed by atoms with E-state index in [1.54, 1.807) is 6.07 Å². The molecule has 3 rings (SSSR count). The van der Waals surface area contributed by atoms with Gasteiger partial charge in [-0.25, -0.2) is 4.79 Å². The average molecular weight is 347 g/mol. The van der Waals surface area contributed by atoms with Crippen LogP contribution in [-0.2, 0) is 10.5 Å². The Balaban J connectivity index is 1.62. The molecule has 0 aliphatic carbocycles. The zero-order valence-corrected chi connectivity index (χ0v) is 13.8. The van der Waals surface area contributed by atoms with Crippen molar-refractivity contribution in [3.63, 3.8) is 0 Å². The second-order valence-corrected chi connectivity index (χ2v) is 6.60. The van der Waals surface area contributed by atoms with Gasteiger partial charge in [-0.2, -0.15) is 0 Å². The largest absolute Gasteiger partial charge is 0.468 e. The third kappa shape index (κ3) is 3.91. The van der Waals surface area contributed by atoms with Crippen molar-refractivity contribution in [3.05, 3.63) is 54.0 Å². The third-order valence-corrected chi connectivity index (χ3v) is 4.88. The molecule has 0 radical (unpaired) electrons. The summed E-state index contributed by atoms with van der Waals surface area (Å²) in [5.41, 5.74) is 1.39. The average Bonchev–Trinajstić information content (AvgIpc) is 3.22.